The van der Waals surface area contributed by atoms with Gasteiger partial charge in [0.2, 0.25) is 0 Å². The van der Waals surface area contributed by atoms with Gasteiger partial charge in [0, 0.05) is 5.54 Å². The van der Waals surface area contributed by atoms with Crippen LogP contribution in [0.4, 0.5) is 0 Å². The molecule has 0 radical (unpaired) electrons. The van der Waals surface area contributed by atoms with Crippen molar-refractivity contribution in [2.45, 2.75) is 26.3 Å². The maximum atomic E-state index is 9.63. The van der Waals surface area contributed by atoms with Gasteiger partial charge in [-0.1, -0.05) is 0 Å². The summed E-state index contributed by atoms with van der Waals surface area (Å²) < 4.78 is 4.42. The second kappa shape index (κ2) is 3.45. The molecule has 0 aliphatic heterocycles. The highest BCUT2D eigenvalue weighted by atomic mass is 16.5. The lowest BCUT2D eigenvalue weighted by Gasteiger charge is -2.18. The van der Waals surface area contributed by atoms with E-state index >= 15 is 0 Å². The van der Waals surface area contributed by atoms with Crippen molar-refractivity contribution in [3.8, 4) is 0 Å². The topological polar surface area (TPSA) is 38.3 Å². The fraction of sp³-hybridized carbons (Fsp3) is 0.833. The first-order chi connectivity index (χ1) is 4.06. The van der Waals surface area contributed by atoms with Gasteiger partial charge < -0.3 is 4.74 Å². The second-order valence-electron chi connectivity index (χ2n) is 2.83. The molecule has 0 aliphatic rings. The predicted octanol–water partition coefficient (Wildman–Crippen LogP) is 0.505. The Morgan fingerprint density at radius 3 is 2.44 bits per heavy atom. The fourth-order valence-electron chi connectivity index (χ4n) is 0.292. The number of rotatable bonds is 3. The highest BCUT2D eigenvalue weighted by Gasteiger charge is 2.06. The van der Waals surface area contributed by atoms with E-state index in [4.69, 9.17) is 0 Å². The average Bonchev–Trinajstić information content (AvgIpc) is 1.63. The number of carbonyl (C=O) groups excluding carboxylic acids is 1. The van der Waals surface area contributed by atoms with Crippen LogP contribution in [0.25, 0.3) is 0 Å². The summed E-state index contributed by atoms with van der Waals surface area (Å²) in [7, 11) is 0. The van der Waals surface area contributed by atoms with Gasteiger partial charge in [0.1, 0.15) is 6.73 Å². The van der Waals surface area contributed by atoms with Crippen molar-refractivity contribution < 1.29 is 9.53 Å². The molecule has 0 heterocycles. The molecule has 0 aliphatic carbocycles. The third-order valence-corrected chi connectivity index (χ3v) is 0.754. The molecular weight excluding hydrogens is 118 g/mol. The Kier molecular flexibility index (Phi) is 3.24. The van der Waals surface area contributed by atoms with Crippen molar-refractivity contribution in [2.75, 3.05) is 6.73 Å². The Morgan fingerprint density at radius 2 is 2.11 bits per heavy atom. The van der Waals surface area contributed by atoms with E-state index in [1.807, 2.05) is 20.8 Å². The maximum absolute atomic E-state index is 9.63. The third-order valence-electron chi connectivity index (χ3n) is 0.754. The zero-order valence-corrected chi connectivity index (χ0v) is 6.10. The summed E-state index contributed by atoms with van der Waals surface area (Å²) >= 11 is 0. The summed E-state index contributed by atoms with van der Waals surface area (Å²) in [6.45, 7) is 6.72. The zero-order valence-electron chi connectivity index (χ0n) is 6.10. The molecule has 0 fully saturated rings. The number of nitrogens with one attached hydrogen (secondary N) is 1. The van der Waals surface area contributed by atoms with Crippen LogP contribution in [0.1, 0.15) is 20.8 Å². The molecule has 0 aromatic rings. The minimum absolute atomic E-state index is 0.0169. The quantitative estimate of drug-likeness (QED) is 0.344. The van der Waals surface area contributed by atoms with E-state index in [1.165, 1.54) is 0 Å². The lowest BCUT2D eigenvalue weighted by atomic mass is 10.1. The third kappa shape index (κ3) is 7.43. The number of ether oxygens (including phenoxy) is 1. The van der Waals surface area contributed by atoms with E-state index < -0.39 is 0 Å². The molecule has 1 N–H and O–H groups in total. The molecule has 3 heteroatoms. The van der Waals surface area contributed by atoms with Gasteiger partial charge in [0.05, 0.1) is 0 Å². The van der Waals surface area contributed by atoms with E-state index in [2.05, 4.69) is 10.1 Å². The van der Waals surface area contributed by atoms with Crippen molar-refractivity contribution in [3.05, 3.63) is 0 Å². The number of hydrogen-bond acceptors (Lipinski definition) is 3. The smallest absolute Gasteiger partial charge is 0.294 e. The summed E-state index contributed by atoms with van der Waals surface area (Å²) in [6.07, 6.45) is 0. The fourth-order valence-corrected chi connectivity index (χ4v) is 0.292. The molecule has 0 bridgehead atoms. The molecule has 0 amide bonds. The average molecular weight is 131 g/mol. The molecule has 0 spiro atoms. The molecule has 0 aromatic heterocycles. The SMILES string of the molecule is CC(C)(C)NCOC=O. The molecule has 9 heavy (non-hydrogen) atoms. The molecule has 0 atom stereocenters. The standard InChI is InChI=1S/C6H13NO2/c1-6(2,3)7-4-9-5-8/h5,7H,4H2,1-3H3. The van der Waals surface area contributed by atoms with Crippen LogP contribution in [0.15, 0.2) is 0 Å². The maximum Gasteiger partial charge on any atom is 0.294 e. The highest BCUT2D eigenvalue weighted by Crippen LogP contribution is 1.96. The molecule has 0 saturated carbocycles. The van der Waals surface area contributed by atoms with Crippen LogP contribution in [0.3, 0.4) is 0 Å². The molecule has 3 nitrogen and oxygen atoms in total. The molecule has 0 aromatic carbocycles. The van der Waals surface area contributed by atoms with Gasteiger partial charge in [0.15, 0.2) is 0 Å². The second-order valence-corrected chi connectivity index (χ2v) is 2.83. The lowest BCUT2D eigenvalue weighted by Crippen LogP contribution is -2.37. The molecule has 0 saturated heterocycles. The van der Waals surface area contributed by atoms with Gasteiger partial charge in [-0.25, -0.2) is 0 Å². The van der Waals surface area contributed by atoms with Crippen molar-refractivity contribution in [1.29, 1.82) is 0 Å². The van der Waals surface area contributed by atoms with Crippen LogP contribution in [-0.4, -0.2) is 18.7 Å². The van der Waals surface area contributed by atoms with E-state index in [9.17, 15) is 4.79 Å². The van der Waals surface area contributed by atoms with Crippen molar-refractivity contribution in [3.63, 3.8) is 0 Å². The summed E-state index contributed by atoms with van der Waals surface area (Å²) in [5.41, 5.74) is 0.0169. The van der Waals surface area contributed by atoms with Crippen molar-refractivity contribution in [1.82, 2.24) is 5.32 Å². The molecular formula is C6H13NO2. The van der Waals surface area contributed by atoms with Crippen molar-refractivity contribution >= 4 is 6.47 Å². The first kappa shape index (κ1) is 8.43. The Hall–Kier alpha value is -0.570. The van der Waals surface area contributed by atoms with Gasteiger partial charge in [0.25, 0.3) is 6.47 Å². The first-order valence-electron chi connectivity index (χ1n) is 2.86. The van der Waals surface area contributed by atoms with Gasteiger partial charge >= 0.3 is 0 Å². The van der Waals surface area contributed by atoms with Crippen LogP contribution in [0.5, 0.6) is 0 Å². The summed E-state index contributed by atoms with van der Waals surface area (Å²) in [6, 6.07) is 0. The van der Waals surface area contributed by atoms with E-state index in [0.29, 0.717) is 6.47 Å². The van der Waals surface area contributed by atoms with Crippen LogP contribution >= 0.6 is 0 Å². The zero-order chi connectivity index (χ0) is 7.33. The highest BCUT2D eigenvalue weighted by molar-refractivity contribution is 5.36. The van der Waals surface area contributed by atoms with Crippen molar-refractivity contribution in [2.24, 2.45) is 0 Å². The summed E-state index contributed by atoms with van der Waals surface area (Å²) in [5.74, 6) is 0. The summed E-state index contributed by atoms with van der Waals surface area (Å²) in [5, 5.41) is 2.97. The van der Waals surface area contributed by atoms with E-state index in [1.54, 1.807) is 0 Å². The van der Waals surface area contributed by atoms with Gasteiger partial charge in [-0.3, -0.25) is 10.1 Å². The first-order valence-corrected chi connectivity index (χ1v) is 2.86. The van der Waals surface area contributed by atoms with Crippen LogP contribution in [-0.2, 0) is 9.53 Å². The van der Waals surface area contributed by atoms with Crippen LogP contribution in [0, 0.1) is 0 Å². The number of carbonyl (C=O) groups is 1. The molecule has 0 unspecified atom stereocenters. The Morgan fingerprint density at radius 1 is 1.56 bits per heavy atom. The Balaban J connectivity index is 3.17. The van der Waals surface area contributed by atoms with Crippen LogP contribution < -0.4 is 5.32 Å². The normalized spacial score (nSPS) is 11.0. The summed E-state index contributed by atoms with van der Waals surface area (Å²) in [4.78, 5) is 9.63. The lowest BCUT2D eigenvalue weighted by molar-refractivity contribution is -0.129. The van der Waals surface area contributed by atoms with E-state index in [-0.39, 0.29) is 12.3 Å². The van der Waals surface area contributed by atoms with Gasteiger partial charge in [-0.15, -0.1) is 0 Å². The van der Waals surface area contributed by atoms with Gasteiger partial charge in [-0.2, -0.15) is 0 Å². The van der Waals surface area contributed by atoms with Gasteiger partial charge in [-0.05, 0) is 20.8 Å². The van der Waals surface area contributed by atoms with E-state index in [0.717, 1.165) is 0 Å². The monoisotopic (exact) mass is 131 g/mol. The Bertz CT molecular complexity index is 85.5. The Labute approximate surface area is 55.4 Å². The molecule has 54 valence electrons. The largest absolute Gasteiger partial charge is 0.452 e. The predicted molar refractivity (Wildman–Crippen MR) is 34.9 cm³/mol. The minimum atomic E-state index is 0.0169. The van der Waals surface area contributed by atoms with Crippen LogP contribution in [0.2, 0.25) is 0 Å². The number of hydrogen-bond donors (Lipinski definition) is 1. The minimum Gasteiger partial charge on any atom is -0.452 e. The molecule has 0 rings (SSSR count).